The fourth-order valence-corrected chi connectivity index (χ4v) is 5.49. The van der Waals surface area contributed by atoms with Gasteiger partial charge in [0.25, 0.3) is 0 Å². The van der Waals surface area contributed by atoms with Gasteiger partial charge in [0.05, 0.1) is 0 Å². The zero-order valence-corrected chi connectivity index (χ0v) is 28.0. The van der Waals surface area contributed by atoms with Crippen molar-refractivity contribution in [1.82, 2.24) is 9.97 Å². The van der Waals surface area contributed by atoms with Gasteiger partial charge in [0.1, 0.15) is 0 Å². The molecule has 0 N–H and O–H groups in total. The molecule has 0 aliphatic heterocycles. The number of benzene rings is 5. The van der Waals surface area contributed by atoms with E-state index in [2.05, 4.69) is 128 Å². The maximum absolute atomic E-state index is 7.23. The molecule has 5 aromatic carbocycles. The van der Waals surface area contributed by atoms with Crippen LogP contribution in [-0.2, 0) is 26.5 Å². The number of nitrogens with zero attached hydrogens (tertiary/aromatic N) is 2. The summed E-state index contributed by atoms with van der Waals surface area (Å²) in [4.78, 5) is 8.73. The van der Waals surface area contributed by atoms with E-state index in [9.17, 15) is 0 Å². The minimum absolute atomic E-state index is 0. The van der Waals surface area contributed by atoms with Crippen LogP contribution in [0.25, 0.3) is 55.2 Å². The maximum atomic E-state index is 7.23. The van der Waals surface area contributed by atoms with Crippen LogP contribution < -0.4 is 0 Å². The number of rotatable bonds is 4. The van der Waals surface area contributed by atoms with Crippen molar-refractivity contribution in [1.29, 1.82) is 0 Å². The maximum Gasteiger partial charge on any atom is 0.0280 e. The summed E-state index contributed by atoms with van der Waals surface area (Å²) >= 11 is 0. The average Bonchev–Trinajstić information content (AvgIpc) is 3.08. The van der Waals surface area contributed by atoms with Crippen molar-refractivity contribution in [3.63, 3.8) is 0 Å². The van der Waals surface area contributed by atoms with E-state index in [1.54, 1.807) is 18.2 Å². The van der Waals surface area contributed by atoms with E-state index in [-0.39, 0.29) is 31.1 Å². The molecule has 0 aliphatic carbocycles. The third-order valence-corrected chi connectivity index (χ3v) is 7.48. The summed E-state index contributed by atoms with van der Waals surface area (Å²) < 4.78 is 21.7. The van der Waals surface area contributed by atoms with Gasteiger partial charge in [-0.15, -0.1) is 65.7 Å². The van der Waals surface area contributed by atoms with E-state index in [1.807, 2.05) is 24.4 Å². The largest absolute Gasteiger partial charge is 0.305 e. The van der Waals surface area contributed by atoms with Gasteiger partial charge in [0, 0.05) is 36.6 Å². The van der Waals surface area contributed by atoms with Gasteiger partial charge >= 0.3 is 0 Å². The minimum Gasteiger partial charge on any atom is -0.305 e. The smallest absolute Gasteiger partial charge is 0.0280 e. The average molecular weight is 764 g/mol. The number of pyridine rings is 2. The van der Waals surface area contributed by atoms with Crippen molar-refractivity contribution in [2.75, 3.05) is 0 Å². The van der Waals surface area contributed by atoms with Gasteiger partial charge in [-0.1, -0.05) is 110 Å². The van der Waals surface area contributed by atoms with Crippen molar-refractivity contribution in [2.24, 2.45) is 5.41 Å². The van der Waals surface area contributed by atoms with Crippen LogP contribution in [0.1, 0.15) is 36.0 Å². The molecular weight excluding hydrogens is 725 g/mol. The molecule has 3 heteroatoms. The fraction of sp³-hybridized carbons (Fsp3) is 0.143. The molecule has 0 unspecified atom stereocenters. The van der Waals surface area contributed by atoms with Crippen LogP contribution in [-0.4, -0.2) is 9.97 Å². The first kappa shape index (κ1) is 28.1. The molecule has 7 rings (SSSR count). The molecule has 7 aromatic rings. The summed E-state index contributed by atoms with van der Waals surface area (Å²) in [6, 6.07) is 47.6. The number of aryl methyl sites for hydroxylation is 1. The predicted molar refractivity (Wildman–Crippen MR) is 185 cm³/mol. The van der Waals surface area contributed by atoms with Crippen molar-refractivity contribution in [3.05, 3.63) is 157 Å². The number of fused-ring (bicyclic) bond motifs is 3. The second-order valence-electron chi connectivity index (χ2n) is 12.2. The Morgan fingerprint density at radius 3 is 2.13 bits per heavy atom. The number of hydrogen-bond donors (Lipinski definition) is 0. The van der Waals surface area contributed by atoms with Crippen molar-refractivity contribution in [2.45, 2.75) is 34.0 Å². The molecule has 0 fully saturated rings. The molecular formula is C42H36IrN2-2. The molecule has 0 amide bonds. The van der Waals surface area contributed by atoms with E-state index in [1.165, 1.54) is 44.4 Å². The first-order valence-corrected chi connectivity index (χ1v) is 14.9. The van der Waals surface area contributed by atoms with Crippen LogP contribution in [0.4, 0.5) is 0 Å². The van der Waals surface area contributed by atoms with Gasteiger partial charge in [-0.2, -0.15) is 0 Å². The molecule has 2 aromatic heterocycles. The van der Waals surface area contributed by atoms with E-state index in [4.69, 9.17) is 4.11 Å². The zero-order valence-electron chi connectivity index (χ0n) is 28.6. The Hall–Kier alpha value is -4.43. The van der Waals surface area contributed by atoms with Gasteiger partial charge in [-0.05, 0) is 63.3 Å². The summed E-state index contributed by atoms with van der Waals surface area (Å²) in [5.74, 6) is 0. The quantitative estimate of drug-likeness (QED) is 0.132. The SMILES string of the molecule is CC(C)(C)Cc1ccnc(-c2[c-]cc(-c3cc4ccccc4c4ccccc34)cc2)c1.[2H]C([2H])([2H])c1ccc(-c2[c-]cccc2)nc1.[Ir]. The Morgan fingerprint density at radius 2 is 1.44 bits per heavy atom. The molecule has 225 valence electrons. The van der Waals surface area contributed by atoms with Crippen LogP contribution in [0.2, 0.25) is 0 Å². The second-order valence-corrected chi connectivity index (χ2v) is 12.2. The monoisotopic (exact) mass is 764 g/mol. The van der Waals surface area contributed by atoms with Crippen LogP contribution in [0.15, 0.2) is 134 Å². The molecule has 0 aliphatic rings. The molecule has 0 saturated heterocycles. The number of hydrogen-bond acceptors (Lipinski definition) is 2. The molecule has 0 spiro atoms. The van der Waals surface area contributed by atoms with E-state index >= 15 is 0 Å². The Kier molecular flexibility index (Phi) is 8.81. The third-order valence-electron chi connectivity index (χ3n) is 7.48. The van der Waals surface area contributed by atoms with Crippen LogP contribution in [0.5, 0.6) is 0 Å². The summed E-state index contributed by atoms with van der Waals surface area (Å²) in [6.45, 7) is 4.71. The molecule has 0 saturated carbocycles. The number of aromatic nitrogens is 2. The Balaban J connectivity index is 0.000000224. The van der Waals surface area contributed by atoms with E-state index < -0.39 is 6.85 Å². The third kappa shape index (κ3) is 7.81. The van der Waals surface area contributed by atoms with Crippen LogP contribution in [0, 0.1) is 24.4 Å². The first-order chi connectivity index (χ1) is 22.5. The topological polar surface area (TPSA) is 25.8 Å². The molecule has 2 nitrogen and oxygen atoms in total. The Morgan fingerprint density at radius 1 is 0.689 bits per heavy atom. The van der Waals surface area contributed by atoms with Gasteiger partial charge in [0.15, 0.2) is 0 Å². The summed E-state index contributed by atoms with van der Waals surface area (Å²) in [6.07, 6.45) is 4.34. The first-order valence-electron chi connectivity index (χ1n) is 16.4. The summed E-state index contributed by atoms with van der Waals surface area (Å²) in [5, 5.41) is 5.11. The Bertz CT molecular complexity index is 2120. The fourth-order valence-electron chi connectivity index (χ4n) is 5.49. The van der Waals surface area contributed by atoms with Crippen molar-refractivity contribution < 1.29 is 24.2 Å². The zero-order chi connectivity index (χ0) is 33.0. The summed E-state index contributed by atoms with van der Waals surface area (Å²) in [5.41, 5.74) is 7.85. The molecule has 2 heterocycles. The van der Waals surface area contributed by atoms with Crippen molar-refractivity contribution in [3.8, 4) is 33.6 Å². The van der Waals surface area contributed by atoms with Gasteiger partial charge < -0.3 is 9.97 Å². The van der Waals surface area contributed by atoms with Crippen LogP contribution in [0.3, 0.4) is 0 Å². The molecule has 0 bridgehead atoms. The molecule has 45 heavy (non-hydrogen) atoms. The summed E-state index contributed by atoms with van der Waals surface area (Å²) in [7, 11) is 0. The predicted octanol–water partition coefficient (Wildman–Crippen LogP) is 11.0. The molecule has 1 radical (unpaired) electrons. The van der Waals surface area contributed by atoms with E-state index in [0.29, 0.717) is 0 Å². The normalized spacial score (nSPS) is 12.3. The molecule has 0 atom stereocenters. The van der Waals surface area contributed by atoms with Gasteiger partial charge in [-0.3, -0.25) is 0 Å². The van der Waals surface area contributed by atoms with Gasteiger partial charge in [-0.25, -0.2) is 0 Å². The minimum atomic E-state index is -2.09. The van der Waals surface area contributed by atoms with Gasteiger partial charge in [0.2, 0.25) is 0 Å². The van der Waals surface area contributed by atoms with Crippen LogP contribution >= 0.6 is 0 Å². The van der Waals surface area contributed by atoms with Crippen molar-refractivity contribution >= 4 is 21.5 Å². The van der Waals surface area contributed by atoms with E-state index in [0.717, 1.165) is 28.9 Å². The Labute approximate surface area is 284 Å². The second kappa shape index (κ2) is 14.1. The standard InChI is InChI=1S/C30H26N.C12H10N.Ir/c1-30(2,3)20-21-16-17-31-29(18-21)23-14-12-22(13-15-23)28-19-24-8-4-5-9-25(24)26-10-6-7-11-27(26)28;1-10-7-8-12(13-9-10)11-5-3-2-4-6-11;/h4-14,16-19H,20H2,1-3H3;2-5,7-9H,1H3;/q2*-1;/i;1D3;.